The lowest BCUT2D eigenvalue weighted by Gasteiger charge is -2.39. The molecule has 0 N–H and O–H groups in total. The molecule has 0 fully saturated rings. The zero-order valence-electron chi connectivity index (χ0n) is 44.9. The molecule has 16 aromatic rings. The minimum atomic E-state index is -0.523. The smallest absolute Gasteiger partial charge is 0.164 e. The molecule has 384 valence electrons. The summed E-state index contributed by atoms with van der Waals surface area (Å²) in [5.74, 6) is 1.90. The average molecular weight is 1050 g/mol. The molecule has 1 aliphatic heterocycles. The summed E-state index contributed by atoms with van der Waals surface area (Å²) in [6.07, 6.45) is 0. The predicted molar refractivity (Wildman–Crippen MR) is 342 cm³/mol. The van der Waals surface area contributed by atoms with Crippen molar-refractivity contribution in [3.8, 4) is 78.9 Å². The van der Waals surface area contributed by atoms with Gasteiger partial charge in [-0.3, -0.25) is 0 Å². The van der Waals surface area contributed by atoms with Crippen LogP contribution in [0.4, 0.5) is 0 Å². The maximum Gasteiger partial charge on any atom is 0.164 e. The highest BCUT2D eigenvalue weighted by Gasteiger charge is 2.51. The highest BCUT2D eigenvalue weighted by atomic mass is 15.0. The van der Waals surface area contributed by atoms with Gasteiger partial charge in [0.1, 0.15) is 0 Å². The Morgan fingerprint density at radius 3 is 1.61 bits per heavy atom. The highest BCUT2D eigenvalue weighted by Crippen LogP contribution is 2.61. The van der Waals surface area contributed by atoms with Gasteiger partial charge in [0.05, 0.1) is 33.2 Å². The van der Waals surface area contributed by atoms with Gasteiger partial charge in [-0.1, -0.05) is 243 Å². The SMILES string of the molecule is c1ccc(-c2nc(-c3ccc(-n4c5c(-c6ccc(-c7ccc8c(c7)C7(c9ccccc9-8)c8ccccc8-n8c9ccccc9c9cccc7c98)cc6)cccc5c5ccc6ccccc6c54)cc3)nc(-c3cccc4ccccc34)n2)cc1. The van der Waals surface area contributed by atoms with Crippen molar-refractivity contribution in [1.82, 2.24) is 24.1 Å². The first-order chi connectivity index (χ1) is 41.2. The van der Waals surface area contributed by atoms with Crippen molar-refractivity contribution in [2.75, 3.05) is 0 Å². The van der Waals surface area contributed by atoms with E-state index in [-0.39, 0.29) is 0 Å². The lowest BCUT2D eigenvalue weighted by molar-refractivity contribution is 0.749. The zero-order valence-corrected chi connectivity index (χ0v) is 44.9. The van der Waals surface area contributed by atoms with Crippen LogP contribution in [0.25, 0.3) is 144 Å². The monoisotopic (exact) mass is 1050 g/mol. The van der Waals surface area contributed by atoms with Crippen LogP contribution in [0.15, 0.2) is 285 Å². The first-order valence-corrected chi connectivity index (χ1v) is 28.5. The van der Waals surface area contributed by atoms with Crippen LogP contribution in [-0.2, 0) is 5.41 Å². The number of rotatable bonds is 6. The Morgan fingerprint density at radius 2 is 0.783 bits per heavy atom. The quantitative estimate of drug-likeness (QED) is 0.167. The van der Waals surface area contributed by atoms with E-state index in [1.165, 1.54) is 99.1 Å². The van der Waals surface area contributed by atoms with Gasteiger partial charge < -0.3 is 9.13 Å². The molecule has 0 saturated carbocycles. The molecule has 0 bridgehead atoms. The van der Waals surface area contributed by atoms with Crippen LogP contribution in [0.2, 0.25) is 0 Å². The maximum atomic E-state index is 5.22. The highest BCUT2D eigenvalue weighted by molar-refractivity contribution is 6.21. The van der Waals surface area contributed by atoms with Gasteiger partial charge in [0.15, 0.2) is 17.5 Å². The molecular formula is C78H47N5. The average Bonchev–Trinajstić information content (AvgIpc) is 3.59. The minimum absolute atomic E-state index is 0.523. The molecule has 3 aromatic heterocycles. The first-order valence-electron chi connectivity index (χ1n) is 28.5. The van der Waals surface area contributed by atoms with Crippen LogP contribution >= 0.6 is 0 Å². The summed E-state index contributed by atoms with van der Waals surface area (Å²) in [4.78, 5) is 15.5. The fourth-order valence-electron chi connectivity index (χ4n) is 14.4. The number of benzene rings is 13. The van der Waals surface area contributed by atoms with Gasteiger partial charge in [-0.2, -0.15) is 0 Å². The number of fused-ring (bicyclic) bond motifs is 18. The summed E-state index contributed by atoms with van der Waals surface area (Å²) in [6, 6.07) is 104. The zero-order chi connectivity index (χ0) is 54.3. The second-order valence-corrected chi connectivity index (χ2v) is 22.2. The Hall–Kier alpha value is -11.0. The summed E-state index contributed by atoms with van der Waals surface area (Å²) >= 11 is 0. The molecule has 1 atom stereocenters. The van der Waals surface area contributed by atoms with Crippen molar-refractivity contribution in [1.29, 1.82) is 0 Å². The van der Waals surface area contributed by atoms with Crippen molar-refractivity contribution in [2.45, 2.75) is 5.41 Å². The fourth-order valence-corrected chi connectivity index (χ4v) is 14.4. The molecule has 0 radical (unpaired) electrons. The molecule has 4 heterocycles. The number of aromatic nitrogens is 5. The Bertz CT molecular complexity index is 5370. The van der Waals surface area contributed by atoms with Gasteiger partial charge in [-0.25, -0.2) is 15.0 Å². The largest absolute Gasteiger partial charge is 0.309 e. The van der Waals surface area contributed by atoms with Crippen molar-refractivity contribution in [3.05, 3.63) is 307 Å². The third kappa shape index (κ3) is 6.50. The van der Waals surface area contributed by atoms with Gasteiger partial charge in [0, 0.05) is 54.9 Å². The topological polar surface area (TPSA) is 48.5 Å². The third-order valence-electron chi connectivity index (χ3n) is 18.0. The van der Waals surface area contributed by atoms with Gasteiger partial charge >= 0.3 is 0 Å². The second kappa shape index (κ2) is 17.5. The molecule has 2 aliphatic rings. The molecule has 1 unspecified atom stereocenters. The van der Waals surface area contributed by atoms with E-state index >= 15 is 0 Å². The van der Waals surface area contributed by atoms with Crippen molar-refractivity contribution < 1.29 is 0 Å². The van der Waals surface area contributed by atoms with Crippen LogP contribution in [0, 0.1) is 0 Å². The Morgan fingerprint density at radius 1 is 0.253 bits per heavy atom. The number of hydrogen-bond donors (Lipinski definition) is 0. The molecular weight excluding hydrogens is 1010 g/mol. The first kappa shape index (κ1) is 45.8. The van der Waals surface area contributed by atoms with E-state index in [1.807, 2.05) is 18.2 Å². The van der Waals surface area contributed by atoms with E-state index in [0.29, 0.717) is 17.5 Å². The number of hydrogen-bond acceptors (Lipinski definition) is 3. The molecule has 18 rings (SSSR count). The van der Waals surface area contributed by atoms with E-state index in [0.717, 1.165) is 49.8 Å². The Labute approximate surface area is 478 Å². The lowest BCUT2D eigenvalue weighted by atomic mass is 9.65. The molecule has 1 aliphatic carbocycles. The number of para-hydroxylation sites is 4. The maximum absolute atomic E-state index is 5.22. The molecule has 5 heteroatoms. The summed E-state index contributed by atoms with van der Waals surface area (Å²) in [5, 5.41) is 9.61. The number of nitrogens with zero attached hydrogens (tertiary/aromatic N) is 5. The van der Waals surface area contributed by atoms with E-state index in [9.17, 15) is 0 Å². The van der Waals surface area contributed by atoms with Crippen LogP contribution in [0.5, 0.6) is 0 Å². The standard InChI is InChI=1S/C78H47N5/c1-2-19-52(20-3-1)75-79-76(81-77(80-75)65-29-14-21-49-17-4-6-22-56(49)65)53-39-43-55(44-40-53)82-72-58(26-15-27-63(72)64-46-41-50-18-5-7-23-57(50)73(64)82)51-37-35-48(36-38-51)54-42-45-60-59-24-8-10-30-66(59)78(69(60)47-54)67-31-11-13-34-71(67)83-70-33-12-9-25-61(70)62-28-16-32-68(78)74(62)83/h1-47H. The van der Waals surface area contributed by atoms with Gasteiger partial charge in [0.2, 0.25) is 0 Å². The van der Waals surface area contributed by atoms with Crippen LogP contribution in [0.3, 0.4) is 0 Å². The van der Waals surface area contributed by atoms with Crippen LogP contribution in [-0.4, -0.2) is 24.1 Å². The van der Waals surface area contributed by atoms with Crippen molar-refractivity contribution in [2.24, 2.45) is 0 Å². The normalized spacial score (nSPS) is 14.1. The summed E-state index contributed by atoms with van der Waals surface area (Å²) in [6.45, 7) is 0. The lowest BCUT2D eigenvalue weighted by Crippen LogP contribution is -2.33. The van der Waals surface area contributed by atoms with E-state index in [2.05, 4.69) is 276 Å². The minimum Gasteiger partial charge on any atom is -0.309 e. The van der Waals surface area contributed by atoms with E-state index < -0.39 is 5.41 Å². The van der Waals surface area contributed by atoms with E-state index in [1.54, 1.807) is 0 Å². The molecule has 0 saturated heterocycles. The Balaban J connectivity index is 0.782. The van der Waals surface area contributed by atoms with E-state index in [4.69, 9.17) is 15.0 Å². The third-order valence-corrected chi connectivity index (χ3v) is 18.0. The molecule has 13 aromatic carbocycles. The van der Waals surface area contributed by atoms with Gasteiger partial charge in [0.25, 0.3) is 0 Å². The summed E-state index contributed by atoms with van der Waals surface area (Å²) in [7, 11) is 0. The summed E-state index contributed by atoms with van der Waals surface area (Å²) < 4.78 is 4.99. The van der Waals surface area contributed by atoms with Crippen LogP contribution in [0.1, 0.15) is 22.3 Å². The summed E-state index contributed by atoms with van der Waals surface area (Å²) in [5.41, 5.74) is 22.0. The van der Waals surface area contributed by atoms with Gasteiger partial charge in [-0.15, -0.1) is 0 Å². The molecule has 0 amide bonds. The van der Waals surface area contributed by atoms with Crippen LogP contribution < -0.4 is 0 Å². The molecule has 5 nitrogen and oxygen atoms in total. The molecule has 83 heavy (non-hydrogen) atoms. The predicted octanol–water partition coefficient (Wildman–Crippen LogP) is 19.4. The van der Waals surface area contributed by atoms with Crippen molar-refractivity contribution >= 4 is 65.2 Å². The second-order valence-electron chi connectivity index (χ2n) is 22.2. The fraction of sp³-hybridized carbons (Fsp3) is 0.0128. The van der Waals surface area contributed by atoms with Crippen molar-refractivity contribution in [3.63, 3.8) is 0 Å². The van der Waals surface area contributed by atoms with Gasteiger partial charge in [-0.05, 0) is 109 Å². The Kier molecular flexibility index (Phi) is 9.66. The molecule has 1 spiro atoms.